The molecule has 1 N–H and O–H groups in total. The molecule has 0 saturated heterocycles. The SMILES string of the molecule is C=Cc1ccc(NC)nc1N=C. The molecule has 3 heteroatoms. The van der Waals surface area contributed by atoms with Gasteiger partial charge in [0.05, 0.1) is 0 Å². The van der Waals surface area contributed by atoms with Crippen LogP contribution in [0.15, 0.2) is 23.7 Å². The molecule has 0 aliphatic heterocycles. The standard InChI is InChI=1S/C9H11N3/c1-4-7-5-6-8(10-2)12-9(7)11-3/h4-6H,1,3H2,2H3,(H,10,12). The van der Waals surface area contributed by atoms with Crippen LogP contribution in [0.3, 0.4) is 0 Å². The van der Waals surface area contributed by atoms with Crippen LogP contribution in [-0.4, -0.2) is 18.7 Å². The third-order valence-corrected chi connectivity index (χ3v) is 1.53. The van der Waals surface area contributed by atoms with Crippen molar-refractivity contribution in [2.24, 2.45) is 4.99 Å². The Hall–Kier alpha value is -1.64. The second-order valence-corrected chi connectivity index (χ2v) is 2.22. The first-order valence-electron chi connectivity index (χ1n) is 3.59. The Morgan fingerprint density at radius 1 is 1.58 bits per heavy atom. The van der Waals surface area contributed by atoms with E-state index in [-0.39, 0.29) is 0 Å². The third-order valence-electron chi connectivity index (χ3n) is 1.53. The minimum absolute atomic E-state index is 0.608. The van der Waals surface area contributed by atoms with Crippen LogP contribution in [0.25, 0.3) is 6.08 Å². The van der Waals surface area contributed by atoms with Gasteiger partial charge in [0.15, 0.2) is 5.82 Å². The molecule has 1 aromatic rings. The van der Waals surface area contributed by atoms with E-state index in [9.17, 15) is 0 Å². The predicted molar refractivity (Wildman–Crippen MR) is 53.1 cm³/mol. The first kappa shape index (κ1) is 8.46. The summed E-state index contributed by atoms with van der Waals surface area (Å²) in [5, 5.41) is 2.92. The van der Waals surface area contributed by atoms with Crippen LogP contribution in [0.2, 0.25) is 0 Å². The molecule has 0 saturated carbocycles. The molecule has 3 nitrogen and oxygen atoms in total. The van der Waals surface area contributed by atoms with Crippen LogP contribution in [-0.2, 0) is 0 Å². The van der Waals surface area contributed by atoms with Crippen molar-refractivity contribution in [1.29, 1.82) is 0 Å². The van der Waals surface area contributed by atoms with E-state index in [2.05, 4.69) is 28.6 Å². The topological polar surface area (TPSA) is 37.3 Å². The van der Waals surface area contributed by atoms with Crippen LogP contribution in [0.5, 0.6) is 0 Å². The summed E-state index contributed by atoms with van der Waals surface area (Å²) in [6.07, 6.45) is 1.70. The molecule has 0 atom stereocenters. The number of pyridine rings is 1. The molecule has 0 amide bonds. The van der Waals surface area contributed by atoms with Gasteiger partial charge in [-0.2, -0.15) is 0 Å². The smallest absolute Gasteiger partial charge is 0.160 e. The average molecular weight is 161 g/mol. The average Bonchev–Trinajstić information content (AvgIpc) is 2.16. The number of rotatable bonds is 3. The van der Waals surface area contributed by atoms with Crippen molar-refractivity contribution in [3.8, 4) is 0 Å². The number of hydrogen-bond acceptors (Lipinski definition) is 3. The largest absolute Gasteiger partial charge is 0.373 e. The number of nitrogens with zero attached hydrogens (tertiary/aromatic N) is 2. The molecule has 0 aliphatic rings. The highest BCUT2D eigenvalue weighted by atomic mass is 15.0. The van der Waals surface area contributed by atoms with Gasteiger partial charge in [-0.1, -0.05) is 12.7 Å². The van der Waals surface area contributed by atoms with E-state index in [1.807, 2.05) is 19.2 Å². The van der Waals surface area contributed by atoms with E-state index in [1.54, 1.807) is 6.08 Å². The highest BCUT2D eigenvalue weighted by molar-refractivity contribution is 5.63. The van der Waals surface area contributed by atoms with Crippen LogP contribution in [0, 0.1) is 0 Å². The van der Waals surface area contributed by atoms with E-state index in [1.165, 1.54) is 0 Å². The highest BCUT2D eigenvalue weighted by Gasteiger charge is 1.98. The van der Waals surface area contributed by atoms with Crippen LogP contribution in [0.1, 0.15) is 5.56 Å². The Morgan fingerprint density at radius 3 is 2.83 bits per heavy atom. The van der Waals surface area contributed by atoms with Gasteiger partial charge in [-0.05, 0) is 18.9 Å². The summed E-state index contributed by atoms with van der Waals surface area (Å²) in [5.41, 5.74) is 0.893. The zero-order valence-electron chi connectivity index (χ0n) is 7.04. The van der Waals surface area contributed by atoms with Gasteiger partial charge < -0.3 is 5.32 Å². The minimum atomic E-state index is 0.608. The molecule has 12 heavy (non-hydrogen) atoms. The molecule has 0 unspecified atom stereocenters. The molecule has 1 rings (SSSR count). The molecular weight excluding hydrogens is 150 g/mol. The maximum Gasteiger partial charge on any atom is 0.160 e. The fraction of sp³-hybridized carbons (Fsp3) is 0.111. The van der Waals surface area contributed by atoms with Gasteiger partial charge in [-0.3, -0.25) is 0 Å². The van der Waals surface area contributed by atoms with Crippen molar-refractivity contribution in [3.63, 3.8) is 0 Å². The highest BCUT2D eigenvalue weighted by Crippen LogP contribution is 2.18. The lowest BCUT2D eigenvalue weighted by molar-refractivity contribution is 1.25. The molecule has 0 aromatic carbocycles. The maximum atomic E-state index is 4.17. The maximum absolute atomic E-state index is 4.17. The Labute approximate surface area is 71.9 Å². The van der Waals surface area contributed by atoms with Crippen molar-refractivity contribution in [2.75, 3.05) is 12.4 Å². The van der Waals surface area contributed by atoms with Crippen LogP contribution in [0.4, 0.5) is 11.6 Å². The lowest BCUT2D eigenvalue weighted by atomic mass is 10.2. The lowest BCUT2D eigenvalue weighted by Crippen LogP contribution is -1.92. The number of nitrogens with one attached hydrogen (secondary N) is 1. The second-order valence-electron chi connectivity index (χ2n) is 2.22. The Bertz CT molecular complexity index is 305. The summed E-state index contributed by atoms with van der Waals surface area (Å²) >= 11 is 0. The molecule has 1 aromatic heterocycles. The Morgan fingerprint density at radius 2 is 2.33 bits per heavy atom. The van der Waals surface area contributed by atoms with Crippen LogP contribution < -0.4 is 5.32 Å². The number of aromatic nitrogens is 1. The molecule has 0 radical (unpaired) electrons. The summed E-state index contributed by atoms with van der Waals surface area (Å²) in [4.78, 5) is 7.95. The third kappa shape index (κ3) is 1.50. The second kappa shape index (κ2) is 3.67. The van der Waals surface area contributed by atoms with Gasteiger partial charge in [0.2, 0.25) is 0 Å². The number of anilines is 1. The van der Waals surface area contributed by atoms with Gasteiger partial charge in [-0.25, -0.2) is 9.98 Å². The molecular formula is C9H11N3. The Kier molecular flexibility index (Phi) is 2.58. The van der Waals surface area contributed by atoms with Crippen molar-refractivity contribution in [3.05, 3.63) is 24.3 Å². The lowest BCUT2D eigenvalue weighted by Gasteiger charge is -2.02. The zero-order valence-corrected chi connectivity index (χ0v) is 7.04. The molecule has 62 valence electrons. The van der Waals surface area contributed by atoms with Gasteiger partial charge in [-0.15, -0.1) is 0 Å². The number of hydrogen-bond donors (Lipinski definition) is 1. The van der Waals surface area contributed by atoms with Gasteiger partial charge in [0.1, 0.15) is 5.82 Å². The predicted octanol–water partition coefficient (Wildman–Crippen LogP) is 2.10. The summed E-state index contributed by atoms with van der Waals surface area (Å²) in [6, 6.07) is 3.77. The van der Waals surface area contributed by atoms with Gasteiger partial charge in [0.25, 0.3) is 0 Å². The summed E-state index contributed by atoms with van der Waals surface area (Å²) in [6.45, 7) is 7.07. The van der Waals surface area contributed by atoms with E-state index < -0.39 is 0 Å². The van der Waals surface area contributed by atoms with E-state index in [0.29, 0.717) is 5.82 Å². The van der Waals surface area contributed by atoms with Crippen molar-refractivity contribution >= 4 is 24.4 Å². The van der Waals surface area contributed by atoms with E-state index >= 15 is 0 Å². The zero-order chi connectivity index (χ0) is 8.97. The van der Waals surface area contributed by atoms with E-state index in [0.717, 1.165) is 11.4 Å². The van der Waals surface area contributed by atoms with Crippen LogP contribution >= 0.6 is 0 Å². The van der Waals surface area contributed by atoms with Gasteiger partial charge >= 0.3 is 0 Å². The molecule has 0 aliphatic carbocycles. The first-order chi connectivity index (χ1) is 5.81. The summed E-state index contributed by atoms with van der Waals surface area (Å²) in [7, 11) is 1.81. The minimum Gasteiger partial charge on any atom is -0.373 e. The first-order valence-corrected chi connectivity index (χ1v) is 3.59. The number of aliphatic imine (C=N–C) groups is 1. The molecule has 1 heterocycles. The molecule has 0 bridgehead atoms. The van der Waals surface area contributed by atoms with E-state index in [4.69, 9.17) is 0 Å². The van der Waals surface area contributed by atoms with Gasteiger partial charge in [0, 0.05) is 12.6 Å². The molecule has 0 fully saturated rings. The summed E-state index contributed by atoms with van der Waals surface area (Å²) < 4.78 is 0. The normalized spacial score (nSPS) is 9.08. The fourth-order valence-electron chi connectivity index (χ4n) is 0.884. The fourth-order valence-corrected chi connectivity index (χ4v) is 0.884. The molecule has 0 spiro atoms. The quantitative estimate of drug-likeness (QED) is 0.689. The monoisotopic (exact) mass is 161 g/mol. The summed E-state index contributed by atoms with van der Waals surface area (Å²) in [5.74, 6) is 1.39. The Balaban J connectivity index is 3.18. The van der Waals surface area contributed by atoms with Crippen molar-refractivity contribution in [2.45, 2.75) is 0 Å². The van der Waals surface area contributed by atoms with Crippen molar-refractivity contribution < 1.29 is 0 Å². The van der Waals surface area contributed by atoms with Crippen molar-refractivity contribution in [1.82, 2.24) is 4.98 Å².